The molecule has 8 nitrogen and oxygen atoms in total. The van der Waals surface area contributed by atoms with Gasteiger partial charge in [0.05, 0.1) is 16.1 Å². The van der Waals surface area contributed by atoms with Crippen molar-refractivity contribution in [3.63, 3.8) is 0 Å². The third kappa shape index (κ3) is 4.70. The number of piperidine rings is 1. The van der Waals surface area contributed by atoms with Crippen molar-refractivity contribution in [3.8, 4) is 16.8 Å². The van der Waals surface area contributed by atoms with Crippen molar-refractivity contribution in [2.45, 2.75) is 24.2 Å². The van der Waals surface area contributed by atoms with Gasteiger partial charge in [0.25, 0.3) is 16.0 Å². The molecule has 1 aromatic heterocycles. The van der Waals surface area contributed by atoms with Crippen molar-refractivity contribution in [2.75, 3.05) is 13.1 Å². The highest BCUT2D eigenvalue weighted by Gasteiger charge is 2.23. The maximum Gasteiger partial charge on any atom is 0.294 e. The summed E-state index contributed by atoms with van der Waals surface area (Å²) in [5.74, 6) is -0.190. The molecule has 0 spiro atoms. The van der Waals surface area contributed by atoms with Gasteiger partial charge in [0.15, 0.2) is 0 Å². The summed E-state index contributed by atoms with van der Waals surface area (Å²) in [4.78, 5) is 11.7. The van der Waals surface area contributed by atoms with E-state index in [1.165, 1.54) is 6.07 Å². The molecular weight excluding hydrogens is 464 g/mol. The maximum absolute atomic E-state index is 12.2. The van der Waals surface area contributed by atoms with Crippen molar-refractivity contribution < 1.29 is 17.8 Å². The molecular formula is C26H26N4O4S. The first kappa shape index (κ1) is 23.2. The molecule has 0 radical (unpaired) electrons. The van der Waals surface area contributed by atoms with Gasteiger partial charge in [-0.25, -0.2) is 4.68 Å². The second-order valence-electron chi connectivity index (χ2n) is 8.88. The first-order valence-corrected chi connectivity index (χ1v) is 12.9. The molecule has 0 saturated carbocycles. The third-order valence-electron chi connectivity index (χ3n) is 6.61. The average molecular weight is 491 g/mol. The summed E-state index contributed by atoms with van der Waals surface area (Å²) >= 11 is 0. The van der Waals surface area contributed by atoms with Crippen LogP contribution in [0.4, 0.5) is 0 Å². The van der Waals surface area contributed by atoms with Crippen molar-refractivity contribution in [1.82, 2.24) is 15.1 Å². The predicted molar refractivity (Wildman–Crippen MR) is 134 cm³/mol. The molecule has 3 aromatic carbocycles. The van der Waals surface area contributed by atoms with E-state index in [1.807, 2.05) is 42.6 Å². The number of nitrogens with two attached hydrogens (primary N) is 1. The minimum absolute atomic E-state index is 0.0325. The van der Waals surface area contributed by atoms with Gasteiger partial charge in [-0.05, 0) is 79.2 Å². The van der Waals surface area contributed by atoms with E-state index in [0.29, 0.717) is 29.0 Å². The van der Waals surface area contributed by atoms with Crippen LogP contribution in [0.3, 0.4) is 0 Å². The minimum Gasteiger partial charge on any atom is -0.366 e. The lowest BCUT2D eigenvalue weighted by Crippen LogP contribution is -2.29. The first-order chi connectivity index (χ1) is 16.8. The third-order valence-corrected chi connectivity index (χ3v) is 7.55. The Labute approximate surface area is 203 Å². The summed E-state index contributed by atoms with van der Waals surface area (Å²) in [6.07, 6.45) is 4.32. The zero-order valence-electron chi connectivity index (χ0n) is 19.0. The number of aromatic nitrogens is 2. The minimum atomic E-state index is -4.36. The molecule has 1 fully saturated rings. The molecule has 4 N–H and O–H groups in total. The highest BCUT2D eigenvalue weighted by Crippen LogP contribution is 2.33. The second kappa shape index (κ2) is 9.26. The molecule has 0 bridgehead atoms. The summed E-state index contributed by atoms with van der Waals surface area (Å²) in [7, 11) is -4.36. The van der Waals surface area contributed by atoms with Crippen molar-refractivity contribution in [2.24, 2.45) is 11.7 Å². The average Bonchev–Trinajstić information content (AvgIpc) is 3.29. The van der Waals surface area contributed by atoms with Gasteiger partial charge in [0.1, 0.15) is 5.52 Å². The maximum atomic E-state index is 12.2. The number of nitrogens with zero attached hydrogens (tertiary/aromatic N) is 2. The molecule has 1 saturated heterocycles. The largest absolute Gasteiger partial charge is 0.366 e. The number of nitrogens with one attached hydrogen (secondary N) is 1. The Morgan fingerprint density at radius 1 is 1.06 bits per heavy atom. The van der Waals surface area contributed by atoms with E-state index in [0.717, 1.165) is 48.1 Å². The Balaban J connectivity index is 1.53. The van der Waals surface area contributed by atoms with E-state index < -0.39 is 16.0 Å². The molecule has 1 amide bonds. The fourth-order valence-electron chi connectivity index (χ4n) is 4.83. The molecule has 9 heteroatoms. The number of rotatable bonds is 6. The number of fused-ring (bicyclic) bond motifs is 1. The van der Waals surface area contributed by atoms with Crippen LogP contribution >= 0.6 is 0 Å². The van der Waals surface area contributed by atoms with Gasteiger partial charge in [-0.1, -0.05) is 36.4 Å². The van der Waals surface area contributed by atoms with Crippen molar-refractivity contribution in [3.05, 3.63) is 78.0 Å². The van der Waals surface area contributed by atoms with E-state index in [4.69, 9.17) is 5.73 Å². The van der Waals surface area contributed by atoms with E-state index in [1.54, 1.807) is 22.9 Å². The molecule has 1 aliphatic rings. The van der Waals surface area contributed by atoms with Crippen LogP contribution in [0.15, 0.2) is 71.8 Å². The van der Waals surface area contributed by atoms with Crippen LogP contribution in [-0.2, 0) is 16.5 Å². The number of carbonyl (C=O) groups excluding carboxylic acids is 1. The van der Waals surface area contributed by atoms with Crippen LogP contribution < -0.4 is 11.1 Å². The van der Waals surface area contributed by atoms with Crippen LogP contribution in [0.25, 0.3) is 27.7 Å². The summed E-state index contributed by atoms with van der Waals surface area (Å²) in [5, 5.41) is 8.68. The zero-order valence-corrected chi connectivity index (χ0v) is 19.8. The highest BCUT2D eigenvalue weighted by atomic mass is 32.2. The standard InChI is InChI=1S/C26H26N4O4S/c27-26(31)22-5-1-3-19-16-30(29-25(19)22)20-9-7-18(8-10-20)21-4-2-6-24(35(32,33)34)23(21)15-17-11-13-28-14-12-17/h1-10,16-17,28H,11-15H2,(H2,27,31)(H,32,33,34). The summed E-state index contributed by atoms with van der Waals surface area (Å²) in [6, 6.07) is 17.9. The lowest BCUT2D eigenvalue weighted by Gasteiger charge is -2.24. The fraction of sp³-hybridized carbons (Fsp3) is 0.231. The fourth-order valence-corrected chi connectivity index (χ4v) is 5.59. The van der Waals surface area contributed by atoms with Crippen LogP contribution in [0, 0.1) is 5.92 Å². The van der Waals surface area contributed by atoms with Gasteiger partial charge >= 0.3 is 0 Å². The molecule has 4 aromatic rings. The summed E-state index contributed by atoms with van der Waals surface area (Å²) in [6.45, 7) is 1.80. The van der Waals surface area contributed by atoms with E-state index in [-0.39, 0.29) is 4.90 Å². The lowest BCUT2D eigenvalue weighted by molar-refractivity contribution is 0.100. The van der Waals surface area contributed by atoms with Crippen LogP contribution in [-0.4, -0.2) is 41.7 Å². The quantitative estimate of drug-likeness (QED) is 0.355. The summed E-state index contributed by atoms with van der Waals surface area (Å²) < 4.78 is 36.0. The molecule has 0 atom stereocenters. The Morgan fingerprint density at radius 2 is 1.77 bits per heavy atom. The van der Waals surface area contributed by atoms with Gasteiger partial charge < -0.3 is 11.1 Å². The van der Waals surface area contributed by atoms with Crippen LogP contribution in [0.1, 0.15) is 28.8 Å². The zero-order chi connectivity index (χ0) is 24.6. The van der Waals surface area contributed by atoms with E-state index >= 15 is 0 Å². The Hall–Kier alpha value is -3.53. The Bertz CT molecular complexity index is 1500. The molecule has 0 aliphatic carbocycles. The van der Waals surface area contributed by atoms with Crippen molar-refractivity contribution in [1.29, 1.82) is 0 Å². The lowest BCUT2D eigenvalue weighted by atomic mass is 9.87. The van der Waals surface area contributed by atoms with Gasteiger partial charge in [-0.2, -0.15) is 13.5 Å². The van der Waals surface area contributed by atoms with E-state index in [2.05, 4.69) is 10.4 Å². The number of amides is 1. The number of hydrogen-bond acceptors (Lipinski definition) is 5. The van der Waals surface area contributed by atoms with Crippen molar-refractivity contribution >= 4 is 26.9 Å². The number of hydrogen-bond donors (Lipinski definition) is 3. The predicted octanol–water partition coefficient (Wildman–Crippen LogP) is 3.58. The number of benzene rings is 3. The van der Waals surface area contributed by atoms with Gasteiger partial charge in [0, 0.05) is 11.6 Å². The molecule has 1 aliphatic heterocycles. The topological polar surface area (TPSA) is 127 Å². The normalized spacial score (nSPS) is 14.9. The molecule has 180 valence electrons. The molecule has 5 rings (SSSR count). The van der Waals surface area contributed by atoms with Crippen LogP contribution in [0.5, 0.6) is 0 Å². The Kier molecular flexibility index (Phi) is 6.14. The van der Waals surface area contributed by atoms with Gasteiger partial charge in [-0.15, -0.1) is 0 Å². The van der Waals surface area contributed by atoms with Gasteiger partial charge in [-0.3, -0.25) is 9.35 Å². The number of carbonyl (C=O) groups is 1. The van der Waals surface area contributed by atoms with Gasteiger partial charge in [0.2, 0.25) is 0 Å². The molecule has 2 heterocycles. The monoisotopic (exact) mass is 490 g/mol. The first-order valence-electron chi connectivity index (χ1n) is 11.5. The van der Waals surface area contributed by atoms with Crippen LogP contribution in [0.2, 0.25) is 0 Å². The smallest absolute Gasteiger partial charge is 0.294 e. The summed E-state index contributed by atoms with van der Waals surface area (Å²) in [5.41, 5.74) is 9.44. The van der Waals surface area contributed by atoms with E-state index in [9.17, 15) is 17.8 Å². The second-order valence-corrected chi connectivity index (χ2v) is 10.3. The molecule has 0 unspecified atom stereocenters. The SMILES string of the molecule is NC(=O)c1cccc2cn(-c3ccc(-c4cccc(S(=O)(=O)O)c4CC4CCNCC4)cc3)nc12. The number of primary amides is 1. The Morgan fingerprint density at radius 3 is 2.46 bits per heavy atom. The molecule has 35 heavy (non-hydrogen) atoms. The highest BCUT2D eigenvalue weighted by molar-refractivity contribution is 7.85.